The number of aryl methyl sites for hydroxylation is 2. The summed E-state index contributed by atoms with van der Waals surface area (Å²) in [6, 6.07) is 5.81. The lowest BCUT2D eigenvalue weighted by Gasteiger charge is -2.10. The Morgan fingerprint density at radius 3 is 0.738 bits per heavy atom. The average molecular weight is 884 g/mol. The molecular formula is C42H77NO18. The van der Waals surface area contributed by atoms with Gasteiger partial charge in [0, 0.05) is 12.8 Å². The molecule has 0 heterocycles. The van der Waals surface area contributed by atoms with Crippen molar-refractivity contribution in [2.45, 2.75) is 13.8 Å². The maximum Gasteiger partial charge on any atom is 0.411 e. The summed E-state index contributed by atoms with van der Waals surface area (Å²) in [6.45, 7) is 19.3. The molecule has 0 spiro atoms. The quantitative estimate of drug-likeness (QED) is 0.0941. The van der Waals surface area contributed by atoms with Crippen LogP contribution in [0.3, 0.4) is 0 Å². The van der Waals surface area contributed by atoms with E-state index in [4.69, 9.17) is 80.5 Å². The van der Waals surface area contributed by atoms with E-state index >= 15 is 0 Å². The van der Waals surface area contributed by atoms with Crippen LogP contribution in [0.4, 0.5) is 10.5 Å². The van der Waals surface area contributed by atoms with Crippen molar-refractivity contribution >= 4 is 11.8 Å². The van der Waals surface area contributed by atoms with E-state index in [-0.39, 0.29) is 6.61 Å². The van der Waals surface area contributed by atoms with Gasteiger partial charge in [-0.3, -0.25) is 5.32 Å². The number of anilines is 1. The summed E-state index contributed by atoms with van der Waals surface area (Å²) >= 11 is 0. The Morgan fingerprint density at radius 1 is 0.328 bits per heavy atom. The number of ether oxygens (including phenoxy) is 17. The van der Waals surface area contributed by atoms with Gasteiger partial charge in [-0.25, -0.2) is 4.79 Å². The van der Waals surface area contributed by atoms with Crippen LogP contribution < -0.4 is 5.32 Å². The van der Waals surface area contributed by atoms with Crippen LogP contribution in [-0.4, -0.2) is 225 Å². The second-order valence-corrected chi connectivity index (χ2v) is 12.8. The van der Waals surface area contributed by atoms with Gasteiger partial charge in [-0.05, 0) is 37.1 Å². The number of methoxy groups -OCH3 is 1. The Balaban J connectivity index is 1.63. The number of carbonyl (C=O) groups is 1. The van der Waals surface area contributed by atoms with Gasteiger partial charge in [0.25, 0.3) is 0 Å². The average Bonchev–Trinajstić information content (AvgIpc) is 3.24. The van der Waals surface area contributed by atoms with Gasteiger partial charge >= 0.3 is 6.09 Å². The molecule has 61 heavy (non-hydrogen) atoms. The molecule has 0 unspecified atom stereocenters. The molecule has 1 aromatic carbocycles. The zero-order valence-electron chi connectivity index (χ0n) is 37.2. The summed E-state index contributed by atoms with van der Waals surface area (Å²) in [5.74, 6) is 0. The molecule has 0 aliphatic carbocycles. The van der Waals surface area contributed by atoms with E-state index in [1.807, 2.05) is 32.0 Å². The van der Waals surface area contributed by atoms with E-state index in [1.54, 1.807) is 7.11 Å². The third kappa shape index (κ3) is 44.3. The Labute approximate surface area is 363 Å². The molecule has 1 rings (SSSR count). The van der Waals surface area contributed by atoms with Crippen molar-refractivity contribution in [2.75, 3.05) is 224 Å². The molecule has 0 aliphatic rings. The van der Waals surface area contributed by atoms with Gasteiger partial charge in [0.15, 0.2) is 0 Å². The van der Waals surface area contributed by atoms with Gasteiger partial charge in [0.1, 0.15) is 6.61 Å². The summed E-state index contributed by atoms with van der Waals surface area (Å²) in [4.78, 5) is 11.9. The van der Waals surface area contributed by atoms with Crippen molar-refractivity contribution in [1.29, 1.82) is 0 Å². The number of benzene rings is 1. The summed E-state index contributed by atoms with van der Waals surface area (Å²) in [6.07, 6.45) is -0.508. The fourth-order valence-corrected chi connectivity index (χ4v) is 4.72. The maximum atomic E-state index is 11.9. The Hall–Kier alpha value is -2.15. The van der Waals surface area contributed by atoms with E-state index in [0.29, 0.717) is 211 Å². The van der Waals surface area contributed by atoms with Crippen LogP contribution in [0, 0.1) is 13.8 Å². The van der Waals surface area contributed by atoms with Crippen molar-refractivity contribution in [3.63, 3.8) is 0 Å². The molecule has 1 aromatic rings. The van der Waals surface area contributed by atoms with Crippen molar-refractivity contribution < 1.29 is 85.3 Å². The maximum absolute atomic E-state index is 11.9. The number of hydrogen-bond donors (Lipinski definition) is 1. The van der Waals surface area contributed by atoms with Crippen LogP contribution >= 0.6 is 0 Å². The van der Waals surface area contributed by atoms with E-state index in [9.17, 15) is 4.79 Å². The molecule has 0 aliphatic heterocycles. The third-order valence-corrected chi connectivity index (χ3v) is 7.57. The fraction of sp³-hybridized carbons (Fsp3) is 0.833. The normalized spacial score (nSPS) is 11.5. The van der Waals surface area contributed by atoms with Crippen LogP contribution in [0.5, 0.6) is 0 Å². The lowest BCUT2D eigenvalue weighted by molar-refractivity contribution is -0.0304. The molecule has 0 saturated carbocycles. The minimum atomic E-state index is -0.508. The van der Waals surface area contributed by atoms with Crippen molar-refractivity contribution in [3.05, 3.63) is 29.3 Å². The number of amides is 1. The van der Waals surface area contributed by atoms with Gasteiger partial charge in [0.05, 0.1) is 205 Å². The first-order chi connectivity index (χ1) is 30.1. The molecule has 0 radical (unpaired) electrons. The number of nitrogens with one attached hydrogen (secondary N) is 1. The molecule has 358 valence electrons. The van der Waals surface area contributed by atoms with Crippen molar-refractivity contribution in [1.82, 2.24) is 0 Å². The lowest BCUT2D eigenvalue weighted by atomic mass is 10.1. The van der Waals surface area contributed by atoms with E-state index < -0.39 is 6.09 Å². The molecule has 0 fully saturated rings. The highest BCUT2D eigenvalue weighted by molar-refractivity contribution is 5.84. The minimum Gasteiger partial charge on any atom is -0.447 e. The standard InChI is InChI=1S/C42H77NO18/c1-39-36-40(2)38-41(37-39)43-42(44)61-35-34-60-33-32-59-31-30-58-29-28-57-27-26-56-25-24-55-23-22-54-21-20-53-19-18-52-17-16-51-15-14-50-13-12-49-11-10-48-9-8-47-7-6-46-5-4-45-3/h36-38H,4-35H2,1-3H3,(H,43,44). The minimum absolute atomic E-state index is 0.158. The molecule has 0 aromatic heterocycles. The summed E-state index contributed by atoms with van der Waals surface area (Å²) in [5, 5.41) is 2.71. The molecule has 1 N–H and O–H groups in total. The second-order valence-electron chi connectivity index (χ2n) is 12.8. The van der Waals surface area contributed by atoms with Crippen LogP contribution in [0.1, 0.15) is 11.1 Å². The van der Waals surface area contributed by atoms with Gasteiger partial charge in [0.2, 0.25) is 0 Å². The first kappa shape index (κ1) is 56.9. The van der Waals surface area contributed by atoms with Crippen molar-refractivity contribution in [2.24, 2.45) is 0 Å². The highest BCUT2D eigenvalue weighted by atomic mass is 16.6. The number of carbonyl (C=O) groups excluding carboxylic acids is 1. The lowest BCUT2D eigenvalue weighted by Crippen LogP contribution is -2.18. The van der Waals surface area contributed by atoms with Gasteiger partial charge in [-0.1, -0.05) is 6.07 Å². The van der Waals surface area contributed by atoms with E-state index in [0.717, 1.165) is 11.1 Å². The molecule has 0 bridgehead atoms. The fourth-order valence-electron chi connectivity index (χ4n) is 4.72. The third-order valence-electron chi connectivity index (χ3n) is 7.57. The smallest absolute Gasteiger partial charge is 0.411 e. The summed E-state index contributed by atoms with van der Waals surface area (Å²) < 4.78 is 92.0. The monoisotopic (exact) mass is 884 g/mol. The first-order valence-corrected chi connectivity index (χ1v) is 21.3. The van der Waals surface area contributed by atoms with Gasteiger partial charge in [-0.15, -0.1) is 0 Å². The summed E-state index contributed by atoms with van der Waals surface area (Å²) in [7, 11) is 1.64. The van der Waals surface area contributed by atoms with Crippen LogP contribution in [0.25, 0.3) is 0 Å². The van der Waals surface area contributed by atoms with Crippen molar-refractivity contribution in [3.8, 4) is 0 Å². The van der Waals surface area contributed by atoms with Crippen LogP contribution in [0.2, 0.25) is 0 Å². The number of rotatable bonds is 49. The molecule has 1 amide bonds. The Kier molecular flexibility index (Phi) is 44.1. The Morgan fingerprint density at radius 2 is 0.525 bits per heavy atom. The molecular weight excluding hydrogens is 806 g/mol. The second kappa shape index (κ2) is 47.3. The topological polar surface area (TPSA) is 186 Å². The largest absolute Gasteiger partial charge is 0.447 e. The highest BCUT2D eigenvalue weighted by Crippen LogP contribution is 2.13. The van der Waals surface area contributed by atoms with Gasteiger partial charge in [-0.2, -0.15) is 0 Å². The zero-order valence-corrected chi connectivity index (χ0v) is 37.2. The van der Waals surface area contributed by atoms with Crippen LogP contribution in [0.15, 0.2) is 18.2 Å². The SMILES string of the molecule is COCCOCCOCCOCCOCCOCCOCCOCCOCCOCCOCCOCCOCCOCCOCCOCCOC(=O)Nc1cc(C)cc(C)c1. The predicted molar refractivity (Wildman–Crippen MR) is 225 cm³/mol. The molecule has 19 heteroatoms. The van der Waals surface area contributed by atoms with E-state index in [1.165, 1.54) is 0 Å². The summed E-state index contributed by atoms with van der Waals surface area (Å²) in [5.41, 5.74) is 2.85. The molecule has 0 saturated heterocycles. The van der Waals surface area contributed by atoms with Crippen LogP contribution in [-0.2, 0) is 80.5 Å². The molecule has 19 nitrogen and oxygen atoms in total. The first-order valence-electron chi connectivity index (χ1n) is 21.3. The van der Waals surface area contributed by atoms with Gasteiger partial charge < -0.3 is 80.5 Å². The number of hydrogen-bond acceptors (Lipinski definition) is 18. The van der Waals surface area contributed by atoms with E-state index in [2.05, 4.69) is 5.32 Å². The molecule has 0 atom stereocenters. The zero-order chi connectivity index (χ0) is 43.8. The predicted octanol–water partition coefficient (Wildman–Crippen LogP) is 2.75. The Bertz CT molecular complexity index is 1040. The highest BCUT2D eigenvalue weighted by Gasteiger charge is 2.04.